The highest BCUT2D eigenvalue weighted by molar-refractivity contribution is 7.90. The summed E-state index contributed by atoms with van der Waals surface area (Å²) in [4.78, 5) is 26.4. The van der Waals surface area contributed by atoms with Crippen molar-refractivity contribution in [3.63, 3.8) is 0 Å². The van der Waals surface area contributed by atoms with Crippen LogP contribution in [0.15, 0.2) is 60.1 Å². The molecule has 1 saturated heterocycles. The van der Waals surface area contributed by atoms with Gasteiger partial charge in [-0.2, -0.15) is 0 Å². The minimum atomic E-state index is -3.38. The molecule has 2 aliphatic carbocycles. The molecule has 4 aliphatic rings. The second-order valence-electron chi connectivity index (χ2n) is 13.6. The summed E-state index contributed by atoms with van der Waals surface area (Å²) in [5.74, 6) is 0.520. The van der Waals surface area contributed by atoms with Gasteiger partial charge in [-0.1, -0.05) is 23.4 Å². The predicted octanol–water partition coefficient (Wildman–Crippen LogP) is 4.89. The molecular weight excluding hydrogens is 611 g/mol. The van der Waals surface area contributed by atoms with Gasteiger partial charge in [0.2, 0.25) is 5.72 Å². The average Bonchev–Trinajstić information content (AvgIpc) is 3.44. The lowest BCUT2D eigenvalue weighted by atomic mass is 9.55. The van der Waals surface area contributed by atoms with E-state index in [1.165, 1.54) is 18.4 Å². The van der Waals surface area contributed by atoms with E-state index in [0.717, 1.165) is 36.2 Å². The molecule has 2 aromatic carbocycles. The van der Waals surface area contributed by atoms with E-state index in [9.17, 15) is 17.6 Å². The Bertz CT molecular complexity index is 1820. The van der Waals surface area contributed by atoms with E-state index >= 15 is 0 Å². The molecule has 2 saturated carbocycles. The summed E-state index contributed by atoms with van der Waals surface area (Å²) in [5, 5.41) is 4.81. The Morgan fingerprint density at radius 3 is 2.50 bits per heavy atom. The maximum Gasteiger partial charge on any atom is 0.238 e. The number of hydrogen-bond acceptors (Lipinski definition) is 9. The Morgan fingerprint density at radius 1 is 1.11 bits per heavy atom. The number of carbonyl (C=O) groups excluding carboxylic acids is 1. The molecule has 4 unspecified atom stereocenters. The number of fused-ring (bicyclic) bond motifs is 2. The van der Waals surface area contributed by atoms with Crippen LogP contribution in [-0.4, -0.2) is 73.4 Å². The second-order valence-corrected chi connectivity index (χ2v) is 15.8. The summed E-state index contributed by atoms with van der Waals surface area (Å²) < 4.78 is 53.2. The van der Waals surface area contributed by atoms with Crippen molar-refractivity contribution in [2.45, 2.75) is 63.2 Å². The van der Waals surface area contributed by atoms with Gasteiger partial charge in [0, 0.05) is 56.9 Å². The lowest BCUT2D eigenvalue weighted by Gasteiger charge is -2.56. The standard InChI is InChI=1S/C34H39FN4O6S/c1-22-18-38(21-36-22)28-10-5-23(15-29(28)43-2)27-16-26(40)17-30(44-3)33(27)19-32(11-12-32)20-39-31(33)37-45-34(39,13-14-46(4,41)42)24-6-8-25(35)9-7-24/h5-10,15,18,21,27,30H,11-14,16-17,19-20H2,1-4H3. The van der Waals surface area contributed by atoms with Crippen molar-refractivity contribution >= 4 is 21.5 Å². The number of piperidine rings is 1. The maximum atomic E-state index is 14.2. The Kier molecular flexibility index (Phi) is 7.32. The zero-order valence-electron chi connectivity index (χ0n) is 26.5. The lowest BCUT2D eigenvalue weighted by Crippen LogP contribution is -2.64. The number of carbonyl (C=O) groups is 1. The lowest BCUT2D eigenvalue weighted by molar-refractivity contribution is -0.138. The van der Waals surface area contributed by atoms with Crippen LogP contribution in [0.2, 0.25) is 0 Å². The van der Waals surface area contributed by atoms with Gasteiger partial charge in [0.05, 0.1) is 42.1 Å². The Balaban J connectivity index is 1.39. The molecule has 7 rings (SSSR count). The number of rotatable bonds is 8. The summed E-state index contributed by atoms with van der Waals surface area (Å²) in [6.45, 7) is 2.53. The van der Waals surface area contributed by atoms with Crippen LogP contribution in [-0.2, 0) is 29.9 Å². The van der Waals surface area contributed by atoms with E-state index in [-0.39, 0.29) is 42.1 Å². The van der Waals surface area contributed by atoms with Crippen molar-refractivity contribution in [1.82, 2.24) is 14.5 Å². The monoisotopic (exact) mass is 650 g/mol. The third-order valence-corrected chi connectivity index (χ3v) is 11.5. The van der Waals surface area contributed by atoms with Crippen molar-refractivity contribution in [1.29, 1.82) is 0 Å². The molecule has 12 heteroatoms. The molecule has 3 heterocycles. The van der Waals surface area contributed by atoms with Crippen molar-refractivity contribution in [2.75, 3.05) is 32.8 Å². The van der Waals surface area contributed by atoms with Crippen LogP contribution in [0.4, 0.5) is 4.39 Å². The van der Waals surface area contributed by atoms with Crippen LogP contribution >= 0.6 is 0 Å². The van der Waals surface area contributed by atoms with Crippen LogP contribution in [0.1, 0.15) is 61.3 Å². The first-order valence-electron chi connectivity index (χ1n) is 15.6. The number of ether oxygens (including phenoxy) is 2. The maximum absolute atomic E-state index is 14.2. The topological polar surface area (TPSA) is 112 Å². The van der Waals surface area contributed by atoms with Gasteiger partial charge in [-0.15, -0.1) is 0 Å². The molecule has 2 aliphatic heterocycles. The first-order chi connectivity index (χ1) is 21.9. The second kappa shape index (κ2) is 10.9. The Morgan fingerprint density at radius 2 is 1.87 bits per heavy atom. The van der Waals surface area contributed by atoms with E-state index < -0.39 is 32.9 Å². The predicted molar refractivity (Wildman–Crippen MR) is 169 cm³/mol. The Labute approximate surface area is 268 Å². The van der Waals surface area contributed by atoms with Crippen molar-refractivity contribution in [3.05, 3.63) is 77.6 Å². The highest BCUT2D eigenvalue weighted by Crippen LogP contribution is 2.67. The highest BCUT2D eigenvalue weighted by atomic mass is 32.2. The number of hydrogen-bond donors (Lipinski definition) is 0. The molecule has 3 fully saturated rings. The molecule has 10 nitrogen and oxygen atoms in total. The fourth-order valence-electron chi connectivity index (χ4n) is 8.13. The number of imidazole rings is 1. The number of Topliss-reactive ketones (excluding diaryl/α,β-unsaturated/α-hetero) is 1. The summed E-state index contributed by atoms with van der Waals surface area (Å²) in [7, 11) is -0.117. The number of amidine groups is 1. The van der Waals surface area contributed by atoms with Gasteiger partial charge in [0.25, 0.3) is 0 Å². The van der Waals surface area contributed by atoms with Crippen LogP contribution in [0.5, 0.6) is 5.75 Å². The number of nitrogens with zero attached hydrogens (tertiary/aromatic N) is 4. The number of benzene rings is 2. The van der Waals surface area contributed by atoms with Crippen molar-refractivity contribution < 1.29 is 31.9 Å². The zero-order valence-corrected chi connectivity index (χ0v) is 27.3. The molecule has 4 atom stereocenters. The fourth-order valence-corrected chi connectivity index (χ4v) is 8.77. The number of halogens is 1. The summed E-state index contributed by atoms with van der Waals surface area (Å²) in [6.07, 6.45) is 7.68. The number of oxime groups is 1. The summed E-state index contributed by atoms with van der Waals surface area (Å²) in [5.41, 5.74) is 1.13. The number of aryl methyl sites for hydroxylation is 1. The summed E-state index contributed by atoms with van der Waals surface area (Å²) >= 11 is 0. The van der Waals surface area contributed by atoms with Gasteiger partial charge >= 0.3 is 0 Å². The summed E-state index contributed by atoms with van der Waals surface area (Å²) in [6, 6.07) is 12.0. The number of sulfone groups is 1. The molecule has 0 N–H and O–H groups in total. The number of ketones is 1. The minimum absolute atomic E-state index is 0.0964. The van der Waals surface area contributed by atoms with Gasteiger partial charge in [-0.3, -0.25) is 4.79 Å². The molecule has 2 spiro atoms. The van der Waals surface area contributed by atoms with Gasteiger partial charge in [-0.05, 0) is 61.4 Å². The van der Waals surface area contributed by atoms with E-state index in [2.05, 4.69) is 9.88 Å². The highest BCUT2D eigenvalue weighted by Gasteiger charge is 2.69. The van der Waals surface area contributed by atoms with E-state index in [0.29, 0.717) is 23.7 Å². The third-order valence-electron chi connectivity index (χ3n) is 10.5. The third kappa shape index (κ3) is 5.00. The van der Waals surface area contributed by atoms with Crippen LogP contribution in [0.3, 0.4) is 0 Å². The molecule has 0 radical (unpaired) electrons. The normalized spacial score (nSPS) is 28.2. The fraction of sp³-hybridized carbons (Fsp3) is 0.500. The van der Waals surface area contributed by atoms with E-state index in [1.807, 2.05) is 35.9 Å². The molecule has 1 aromatic heterocycles. The zero-order chi connectivity index (χ0) is 32.5. The smallest absolute Gasteiger partial charge is 0.238 e. The van der Waals surface area contributed by atoms with Crippen molar-refractivity contribution in [2.24, 2.45) is 16.0 Å². The minimum Gasteiger partial charge on any atom is -0.495 e. The average molecular weight is 651 g/mol. The van der Waals surface area contributed by atoms with Crippen LogP contribution in [0, 0.1) is 23.6 Å². The van der Waals surface area contributed by atoms with Gasteiger partial charge in [-0.25, -0.2) is 17.8 Å². The Hall–Kier alpha value is -3.77. The number of aromatic nitrogens is 2. The van der Waals surface area contributed by atoms with Crippen LogP contribution in [0.25, 0.3) is 5.69 Å². The van der Waals surface area contributed by atoms with Crippen molar-refractivity contribution in [3.8, 4) is 11.4 Å². The van der Waals surface area contributed by atoms with E-state index in [1.54, 1.807) is 32.7 Å². The molecule has 0 bridgehead atoms. The number of methoxy groups -OCH3 is 2. The van der Waals surface area contributed by atoms with Gasteiger partial charge in [0.15, 0.2) is 5.84 Å². The molecular formula is C34H39FN4O6S. The van der Waals surface area contributed by atoms with Crippen LogP contribution < -0.4 is 4.74 Å². The molecule has 0 amide bonds. The van der Waals surface area contributed by atoms with Gasteiger partial charge in [0.1, 0.15) is 27.2 Å². The first kappa shape index (κ1) is 30.9. The largest absolute Gasteiger partial charge is 0.495 e. The first-order valence-corrected chi connectivity index (χ1v) is 17.7. The quantitative estimate of drug-likeness (QED) is 0.339. The molecule has 46 heavy (non-hydrogen) atoms. The van der Waals surface area contributed by atoms with Gasteiger partial charge < -0.3 is 23.8 Å². The van der Waals surface area contributed by atoms with E-state index in [4.69, 9.17) is 19.5 Å². The molecule has 3 aromatic rings. The SMILES string of the molecule is COc1cc(C2CC(=O)CC(OC)C23CC2(CC2)CN2C3=NOC2(CCS(C)(=O)=O)c2ccc(F)cc2)ccc1-n1cnc(C)c1. The molecule has 244 valence electrons.